The van der Waals surface area contributed by atoms with Crippen LogP contribution < -0.4 is 11.1 Å². The number of aliphatic imine (C=N–C) groups is 1. The molecular formula is C8H17N3S. The van der Waals surface area contributed by atoms with Gasteiger partial charge in [0.1, 0.15) is 0 Å². The van der Waals surface area contributed by atoms with Crippen molar-refractivity contribution in [1.29, 1.82) is 0 Å². The molecule has 12 heavy (non-hydrogen) atoms. The number of nitrogens with one attached hydrogen (secondary N) is 1. The van der Waals surface area contributed by atoms with Gasteiger partial charge in [0.25, 0.3) is 0 Å². The highest BCUT2D eigenvalue weighted by Crippen LogP contribution is 2.23. The quantitative estimate of drug-likeness (QED) is 0.504. The Morgan fingerprint density at radius 1 is 1.75 bits per heavy atom. The predicted octanol–water partition coefficient (Wildman–Crippen LogP) is 0.664. The number of nitrogens with zero attached hydrogens (tertiary/aromatic N) is 1. The van der Waals surface area contributed by atoms with Gasteiger partial charge in [0.2, 0.25) is 0 Å². The summed E-state index contributed by atoms with van der Waals surface area (Å²) in [5.74, 6) is 3.89. The number of hydrogen-bond donors (Lipinski definition) is 2. The molecule has 0 bridgehead atoms. The van der Waals surface area contributed by atoms with E-state index in [0.717, 1.165) is 19.0 Å². The largest absolute Gasteiger partial charge is 0.370 e. The zero-order valence-electron chi connectivity index (χ0n) is 7.55. The Bertz CT molecular complexity index is 152. The van der Waals surface area contributed by atoms with Crippen molar-refractivity contribution < 1.29 is 0 Å². The topological polar surface area (TPSA) is 50.4 Å². The maximum Gasteiger partial charge on any atom is 0.188 e. The molecule has 1 heterocycles. The lowest BCUT2D eigenvalue weighted by molar-refractivity contribution is 0.611. The van der Waals surface area contributed by atoms with Gasteiger partial charge < -0.3 is 11.1 Å². The third-order valence-electron chi connectivity index (χ3n) is 1.90. The van der Waals surface area contributed by atoms with Crippen LogP contribution in [0.2, 0.25) is 0 Å². The standard InChI is InChI=1S/C8H17N3S/c1-2-10-8(9)11-5-7-3-4-12-6-7/h7H,2-6H2,1H3,(H3,9,10,11). The molecule has 0 amide bonds. The number of nitrogens with two attached hydrogens (primary N) is 1. The van der Waals surface area contributed by atoms with Crippen molar-refractivity contribution in [2.45, 2.75) is 13.3 Å². The Labute approximate surface area is 78.2 Å². The molecule has 1 rings (SSSR count). The van der Waals surface area contributed by atoms with Crippen LogP contribution in [0.4, 0.5) is 0 Å². The van der Waals surface area contributed by atoms with E-state index in [4.69, 9.17) is 5.73 Å². The van der Waals surface area contributed by atoms with Crippen LogP contribution in [-0.4, -0.2) is 30.6 Å². The predicted molar refractivity (Wildman–Crippen MR) is 55.6 cm³/mol. The van der Waals surface area contributed by atoms with Gasteiger partial charge in [0.05, 0.1) is 0 Å². The first-order valence-corrected chi connectivity index (χ1v) is 5.60. The molecule has 70 valence electrons. The van der Waals surface area contributed by atoms with Gasteiger partial charge in [-0.15, -0.1) is 0 Å². The van der Waals surface area contributed by atoms with E-state index in [-0.39, 0.29) is 0 Å². The first-order chi connectivity index (χ1) is 5.83. The monoisotopic (exact) mass is 187 g/mol. The summed E-state index contributed by atoms with van der Waals surface area (Å²) in [6.45, 7) is 3.77. The molecule has 3 N–H and O–H groups in total. The van der Waals surface area contributed by atoms with Gasteiger partial charge in [-0.25, -0.2) is 0 Å². The van der Waals surface area contributed by atoms with E-state index in [0.29, 0.717) is 5.96 Å². The molecule has 0 spiro atoms. The van der Waals surface area contributed by atoms with Crippen molar-refractivity contribution in [3.63, 3.8) is 0 Å². The minimum atomic E-state index is 0.592. The minimum absolute atomic E-state index is 0.592. The van der Waals surface area contributed by atoms with Crippen LogP contribution in [0.1, 0.15) is 13.3 Å². The van der Waals surface area contributed by atoms with Crippen LogP contribution in [0.5, 0.6) is 0 Å². The molecular weight excluding hydrogens is 170 g/mol. The highest BCUT2D eigenvalue weighted by atomic mass is 32.2. The van der Waals surface area contributed by atoms with Crippen LogP contribution >= 0.6 is 11.8 Å². The van der Waals surface area contributed by atoms with Crippen molar-refractivity contribution in [3.8, 4) is 0 Å². The van der Waals surface area contributed by atoms with Crippen LogP contribution in [0, 0.1) is 5.92 Å². The summed E-state index contributed by atoms with van der Waals surface area (Å²) in [5, 5.41) is 2.99. The van der Waals surface area contributed by atoms with E-state index < -0.39 is 0 Å². The third-order valence-corrected chi connectivity index (χ3v) is 3.13. The van der Waals surface area contributed by atoms with Crippen molar-refractivity contribution in [3.05, 3.63) is 0 Å². The summed E-state index contributed by atoms with van der Waals surface area (Å²) in [4.78, 5) is 4.27. The second-order valence-electron chi connectivity index (χ2n) is 2.99. The molecule has 0 aromatic rings. The van der Waals surface area contributed by atoms with Crippen LogP contribution in [0.15, 0.2) is 4.99 Å². The molecule has 0 aliphatic carbocycles. The van der Waals surface area contributed by atoms with Gasteiger partial charge in [0, 0.05) is 13.1 Å². The zero-order valence-corrected chi connectivity index (χ0v) is 8.36. The molecule has 1 fully saturated rings. The third kappa shape index (κ3) is 3.34. The van der Waals surface area contributed by atoms with E-state index in [2.05, 4.69) is 10.3 Å². The summed E-state index contributed by atoms with van der Waals surface area (Å²) in [7, 11) is 0. The summed E-state index contributed by atoms with van der Waals surface area (Å²) in [5.41, 5.74) is 5.59. The highest BCUT2D eigenvalue weighted by molar-refractivity contribution is 7.99. The van der Waals surface area contributed by atoms with Gasteiger partial charge in [0.15, 0.2) is 5.96 Å². The lowest BCUT2D eigenvalue weighted by Gasteiger charge is -2.05. The molecule has 0 radical (unpaired) electrons. The van der Waals surface area contributed by atoms with Gasteiger partial charge in [-0.1, -0.05) is 0 Å². The summed E-state index contributed by atoms with van der Waals surface area (Å²) in [6.07, 6.45) is 1.30. The molecule has 3 nitrogen and oxygen atoms in total. The fraction of sp³-hybridized carbons (Fsp3) is 0.875. The average molecular weight is 187 g/mol. The Hall–Kier alpha value is -0.380. The van der Waals surface area contributed by atoms with E-state index in [1.54, 1.807) is 0 Å². The second-order valence-corrected chi connectivity index (χ2v) is 4.14. The summed E-state index contributed by atoms with van der Waals surface area (Å²) in [6, 6.07) is 0. The number of hydrogen-bond acceptors (Lipinski definition) is 2. The highest BCUT2D eigenvalue weighted by Gasteiger charge is 2.14. The average Bonchev–Trinajstić information content (AvgIpc) is 2.53. The molecule has 1 saturated heterocycles. The SMILES string of the molecule is CCNC(N)=NCC1CCSC1. The molecule has 1 aliphatic heterocycles. The molecule has 1 unspecified atom stereocenters. The Morgan fingerprint density at radius 3 is 3.17 bits per heavy atom. The first kappa shape index (κ1) is 9.71. The molecule has 1 atom stereocenters. The maximum atomic E-state index is 5.59. The molecule has 1 aliphatic rings. The number of rotatable bonds is 3. The van der Waals surface area contributed by atoms with E-state index in [1.165, 1.54) is 17.9 Å². The first-order valence-electron chi connectivity index (χ1n) is 4.44. The van der Waals surface area contributed by atoms with Crippen LogP contribution in [-0.2, 0) is 0 Å². The Balaban J connectivity index is 2.17. The molecule has 4 heteroatoms. The van der Waals surface area contributed by atoms with Crippen molar-refractivity contribution in [2.75, 3.05) is 24.6 Å². The van der Waals surface area contributed by atoms with Gasteiger partial charge >= 0.3 is 0 Å². The summed E-state index contributed by atoms with van der Waals surface area (Å²) < 4.78 is 0. The van der Waals surface area contributed by atoms with Gasteiger partial charge in [-0.2, -0.15) is 11.8 Å². The lowest BCUT2D eigenvalue weighted by atomic mass is 10.1. The lowest BCUT2D eigenvalue weighted by Crippen LogP contribution is -2.31. The molecule has 0 saturated carbocycles. The number of guanidine groups is 1. The van der Waals surface area contributed by atoms with Crippen molar-refractivity contribution in [1.82, 2.24) is 5.32 Å². The smallest absolute Gasteiger partial charge is 0.188 e. The zero-order chi connectivity index (χ0) is 8.81. The second kappa shape index (κ2) is 5.30. The maximum absolute atomic E-state index is 5.59. The normalized spacial score (nSPS) is 24.4. The van der Waals surface area contributed by atoms with E-state index in [1.807, 2.05) is 18.7 Å². The van der Waals surface area contributed by atoms with E-state index >= 15 is 0 Å². The number of thioether (sulfide) groups is 1. The van der Waals surface area contributed by atoms with Crippen LogP contribution in [0.3, 0.4) is 0 Å². The fourth-order valence-electron chi connectivity index (χ4n) is 1.19. The van der Waals surface area contributed by atoms with Crippen molar-refractivity contribution >= 4 is 17.7 Å². The Morgan fingerprint density at radius 2 is 2.58 bits per heavy atom. The van der Waals surface area contributed by atoms with Crippen LogP contribution in [0.25, 0.3) is 0 Å². The molecule has 0 aromatic heterocycles. The summed E-state index contributed by atoms with van der Waals surface area (Å²) >= 11 is 2.02. The minimum Gasteiger partial charge on any atom is -0.370 e. The van der Waals surface area contributed by atoms with Gasteiger partial charge in [-0.05, 0) is 30.8 Å². The van der Waals surface area contributed by atoms with Crippen molar-refractivity contribution in [2.24, 2.45) is 16.6 Å². The fourth-order valence-corrected chi connectivity index (χ4v) is 2.46. The molecule has 0 aromatic carbocycles. The van der Waals surface area contributed by atoms with E-state index in [9.17, 15) is 0 Å². The Kier molecular flexibility index (Phi) is 4.29. The van der Waals surface area contributed by atoms with Gasteiger partial charge in [-0.3, -0.25) is 4.99 Å².